The maximum atomic E-state index is 10.7. The van der Waals surface area contributed by atoms with Crippen LogP contribution in [0.25, 0.3) is 17.3 Å². The average molecular weight is 299 g/mol. The summed E-state index contributed by atoms with van der Waals surface area (Å²) in [5.74, 6) is 0. The van der Waals surface area contributed by atoms with Gasteiger partial charge in [0.15, 0.2) is 6.29 Å². The third kappa shape index (κ3) is 4.01. The topological polar surface area (TPSA) is 70.9 Å². The summed E-state index contributed by atoms with van der Waals surface area (Å²) in [4.78, 5) is 14.1. The lowest BCUT2D eigenvalue weighted by atomic mass is 10.1. The minimum absolute atomic E-state index is 0.616. The normalized spacial score (nSPS) is 11.5. The zero-order chi connectivity index (χ0) is 16.5. The van der Waals surface area contributed by atoms with Crippen LogP contribution in [0, 0.1) is 0 Å². The van der Waals surface area contributed by atoms with E-state index in [9.17, 15) is 4.79 Å². The number of benzene rings is 1. The maximum Gasteiger partial charge on any atom is 0.165 e. The van der Waals surface area contributed by atoms with Gasteiger partial charge in [-0.3, -0.25) is 4.79 Å². The number of nitrogen functional groups attached to an aromatic ring is 1. The van der Waals surface area contributed by atoms with Crippen molar-refractivity contribution >= 4 is 18.0 Å². The number of H-pyrrole nitrogens is 1. The fraction of sp³-hybridized carbons (Fsp3) is 0.278. The molecule has 0 bridgehead atoms. The van der Waals surface area contributed by atoms with Crippen LogP contribution >= 0.6 is 0 Å². The fourth-order valence-corrected chi connectivity index (χ4v) is 2.09. The molecule has 1 aliphatic rings. The van der Waals surface area contributed by atoms with Crippen LogP contribution in [0.2, 0.25) is 0 Å². The van der Waals surface area contributed by atoms with E-state index in [4.69, 9.17) is 5.73 Å². The monoisotopic (exact) mass is 299 g/mol. The van der Waals surface area contributed by atoms with Crippen molar-refractivity contribution in [1.82, 2.24) is 10.3 Å². The van der Waals surface area contributed by atoms with Gasteiger partial charge in [0.2, 0.25) is 0 Å². The smallest absolute Gasteiger partial charge is 0.165 e. The number of allylic oxidation sites excluding steroid dienone is 1. The number of hydrogen-bond acceptors (Lipinski definition) is 3. The largest absolute Gasteiger partial charge is 0.399 e. The second-order valence-corrected chi connectivity index (χ2v) is 4.31. The minimum Gasteiger partial charge on any atom is -0.399 e. The Kier molecular flexibility index (Phi) is 6.96. The molecule has 1 aromatic carbocycles. The zero-order valence-corrected chi connectivity index (χ0v) is 13.7. The van der Waals surface area contributed by atoms with Crippen LogP contribution in [-0.4, -0.2) is 11.3 Å². The molecule has 0 amide bonds. The molecule has 3 rings (SSSR count). The van der Waals surface area contributed by atoms with Crippen molar-refractivity contribution in [2.75, 3.05) is 5.73 Å². The van der Waals surface area contributed by atoms with Crippen molar-refractivity contribution in [2.24, 2.45) is 0 Å². The Balaban J connectivity index is 0.000000561. The number of carbonyl (C=O) groups is 1. The van der Waals surface area contributed by atoms with Gasteiger partial charge in [0, 0.05) is 17.1 Å². The molecular formula is C18H25N3O. The van der Waals surface area contributed by atoms with Crippen LogP contribution in [0.4, 0.5) is 5.69 Å². The Labute approximate surface area is 132 Å². The number of fused-ring (bicyclic) bond motifs is 1. The SMILES string of the molecule is CC.CC.Nc1ccc(-c2cc3c([nH]2)CNC(C=O)=C3)cc1. The van der Waals surface area contributed by atoms with E-state index in [2.05, 4.69) is 10.3 Å². The highest BCUT2D eigenvalue weighted by molar-refractivity contribution is 5.83. The standard InChI is InChI=1S/C14H13N3O.2C2H6/c15-11-3-1-9(2-4-11)13-6-10-5-12(8-18)16-7-14(10)17-13;2*1-2/h1-6,8,16-17H,7,15H2;2*1-2H3. The predicted molar refractivity (Wildman–Crippen MR) is 94.2 cm³/mol. The van der Waals surface area contributed by atoms with Crippen molar-refractivity contribution in [3.8, 4) is 11.3 Å². The number of nitrogens with two attached hydrogens (primary N) is 1. The van der Waals surface area contributed by atoms with E-state index < -0.39 is 0 Å². The first kappa shape index (κ1) is 17.6. The number of rotatable bonds is 2. The molecule has 2 aromatic rings. The highest BCUT2D eigenvalue weighted by Crippen LogP contribution is 2.25. The van der Waals surface area contributed by atoms with E-state index in [1.807, 2.05) is 64.1 Å². The number of aldehydes is 1. The molecule has 1 aliphatic heterocycles. The second-order valence-electron chi connectivity index (χ2n) is 4.31. The Morgan fingerprint density at radius 1 is 1.09 bits per heavy atom. The summed E-state index contributed by atoms with van der Waals surface area (Å²) in [6.07, 6.45) is 2.68. The number of carbonyl (C=O) groups excluding carboxylic acids is 1. The lowest BCUT2D eigenvalue weighted by molar-refractivity contribution is -0.105. The van der Waals surface area contributed by atoms with Gasteiger partial charge in [-0.2, -0.15) is 0 Å². The second kappa shape index (κ2) is 8.72. The molecular weight excluding hydrogens is 274 g/mol. The van der Waals surface area contributed by atoms with E-state index >= 15 is 0 Å². The number of nitrogens with one attached hydrogen (secondary N) is 2. The van der Waals surface area contributed by atoms with Gasteiger partial charge < -0.3 is 16.0 Å². The highest BCUT2D eigenvalue weighted by atomic mass is 16.1. The highest BCUT2D eigenvalue weighted by Gasteiger charge is 2.13. The predicted octanol–water partition coefficient (Wildman–Crippen LogP) is 3.96. The molecule has 118 valence electrons. The average Bonchev–Trinajstić information content (AvgIpc) is 3.02. The first-order valence-electron chi connectivity index (χ1n) is 7.75. The van der Waals surface area contributed by atoms with Crippen molar-refractivity contribution in [1.29, 1.82) is 0 Å². The molecule has 2 heterocycles. The molecule has 4 N–H and O–H groups in total. The van der Waals surface area contributed by atoms with Gasteiger partial charge in [-0.05, 0) is 35.4 Å². The first-order valence-corrected chi connectivity index (χ1v) is 7.75. The van der Waals surface area contributed by atoms with E-state index in [1.165, 1.54) is 0 Å². The Bertz CT molecular complexity index is 624. The summed E-state index contributed by atoms with van der Waals surface area (Å²) in [5.41, 5.74) is 11.3. The summed E-state index contributed by atoms with van der Waals surface area (Å²) in [6, 6.07) is 9.75. The quantitative estimate of drug-likeness (QED) is 0.580. The first-order chi connectivity index (χ1) is 10.8. The molecule has 1 aromatic heterocycles. The maximum absolute atomic E-state index is 10.7. The van der Waals surface area contributed by atoms with Crippen LogP contribution in [0.1, 0.15) is 39.0 Å². The summed E-state index contributed by atoms with van der Waals surface area (Å²) in [5, 5.41) is 3.04. The van der Waals surface area contributed by atoms with E-state index in [0.717, 1.165) is 34.5 Å². The third-order valence-electron chi connectivity index (χ3n) is 3.06. The van der Waals surface area contributed by atoms with Crippen LogP contribution in [0.15, 0.2) is 36.0 Å². The summed E-state index contributed by atoms with van der Waals surface area (Å²) in [7, 11) is 0. The summed E-state index contributed by atoms with van der Waals surface area (Å²) >= 11 is 0. The van der Waals surface area contributed by atoms with E-state index in [0.29, 0.717) is 12.2 Å². The lowest BCUT2D eigenvalue weighted by Gasteiger charge is -2.10. The molecule has 0 fully saturated rings. The van der Waals surface area contributed by atoms with Crippen molar-refractivity contribution in [2.45, 2.75) is 34.2 Å². The number of aromatic nitrogens is 1. The molecule has 4 nitrogen and oxygen atoms in total. The van der Waals surface area contributed by atoms with Gasteiger partial charge in [-0.15, -0.1) is 0 Å². The van der Waals surface area contributed by atoms with Gasteiger partial charge in [0.05, 0.1) is 12.2 Å². The van der Waals surface area contributed by atoms with Crippen LogP contribution in [-0.2, 0) is 11.3 Å². The van der Waals surface area contributed by atoms with Gasteiger partial charge in [-0.1, -0.05) is 39.8 Å². The molecule has 4 heteroatoms. The molecule has 0 radical (unpaired) electrons. The molecule has 0 atom stereocenters. The molecule has 0 saturated heterocycles. The Morgan fingerprint density at radius 3 is 2.32 bits per heavy atom. The van der Waals surface area contributed by atoms with Crippen molar-refractivity contribution in [3.05, 3.63) is 47.3 Å². The number of hydrogen-bond donors (Lipinski definition) is 3. The Morgan fingerprint density at radius 2 is 1.73 bits per heavy atom. The van der Waals surface area contributed by atoms with Crippen LogP contribution in [0.5, 0.6) is 0 Å². The summed E-state index contributed by atoms with van der Waals surface area (Å²) < 4.78 is 0. The summed E-state index contributed by atoms with van der Waals surface area (Å²) in [6.45, 7) is 8.65. The number of aromatic amines is 1. The fourth-order valence-electron chi connectivity index (χ4n) is 2.09. The molecule has 0 saturated carbocycles. The van der Waals surface area contributed by atoms with Crippen LogP contribution in [0.3, 0.4) is 0 Å². The van der Waals surface area contributed by atoms with E-state index in [-0.39, 0.29) is 0 Å². The van der Waals surface area contributed by atoms with Crippen molar-refractivity contribution < 1.29 is 4.79 Å². The lowest BCUT2D eigenvalue weighted by Crippen LogP contribution is -2.17. The van der Waals surface area contributed by atoms with Crippen LogP contribution < -0.4 is 11.1 Å². The van der Waals surface area contributed by atoms with Crippen molar-refractivity contribution in [3.63, 3.8) is 0 Å². The minimum atomic E-state index is 0.616. The zero-order valence-electron chi connectivity index (χ0n) is 13.7. The molecule has 0 spiro atoms. The molecule has 0 aliphatic carbocycles. The van der Waals surface area contributed by atoms with Gasteiger partial charge in [0.1, 0.15) is 0 Å². The van der Waals surface area contributed by atoms with E-state index in [1.54, 1.807) is 0 Å². The van der Waals surface area contributed by atoms with Gasteiger partial charge in [-0.25, -0.2) is 0 Å². The van der Waals surface area contributed by atoms with Gasteiger partial charge >= 0.3 is 0 Å². The third-order valence-corrected chi connectivity index (χ3v) is 3.06. The van der Waals surface area contributed by atoms with Gasteiger partial charge in [0.25, 0.3) is 0 Å². The Hall–Kier alpha value is -2.49. The molecule has 0 unspecified atom stereocenters. The molecule has 22 heavy (non-hydrogen) atoms. The number of anilines is 1.